The van der Waals surface area contributed by atoms with Crippen molar-refractivity contribution in [2.45, 2.75) is 171 Å². The fourth-order valence-electron chi connectivity index (χ4n) is 15.5. The molecule has 12 aliphatic rings. The van der Waals surface area contributed by atoms with Crippen molar-refractivity contribution in [3.05, 3.63) is 94.9 Å². The summed E-state index contributed by atoms with van der Waals surface area (Å²) < 4.78 is 15.3. The molecule has 0 bridgehead atoms. The summed E-state index contributed by atoms with van der Waals surface area (Å²) in [6.07, 6.45) is 53.5. The maximum atomic E-state index is 7.80. The Morgan fingerprint density at radius 3 is 2.53 bits per heavy atom. The predicted octanol–water partition coefficient (Wildman–Crippen LogP) is 10.4. The second-order valence-electron chi connectivity index (χ2n) is 19.2. The third kappa shape index (κ3) is 4.64. The highest BCUT2D eigenvalue weighted by Gasteiger charge is 2.68. The van der Waals surface area contributed by atoms with Crippen molar-refractivity contribution in [3.63, 3.8) is 0 Å². The monoisotopic (exact) mass is 710 g/mol. The molecular formula is C49H62N2O2. The lowest BCUT2D eigenvalue weighted by atomic mass is 9.46. The molecule has 0 aromatic heterocycles. The molecule has 53 heavy (non-hydrogen) atoms. The Balaban J connectivity index is 1.04. The third-order valence-corrected chi connectivity index (χ3v) is 17.1. The lowest BCUT2D eigenvalue weighted by Gasteiger charge is -2.66. The summed E-state index contributed by atoms with van der Waals surface area (Å²) in [6, 6.07) is 2.05. The molecule has 3 saturated heterocycles. The fourth-order valence-corrected chi connectivity index (χ4v) is 15.5. The quantitative estimate of drug-likeness (QED) is 0.267. The van der Waals surface area contributed by atoms with Crippen molar-refractivity contribution in [2.24, 2.45) is 35.0 Å². The van der Waals surface area contributed by atoms with Gasteiger partial charge in [0.15, 0.2) is 0 Å². The number of likely N-dealkylation sites (tertiary alicyclic amines) is 1. The molecule has 280 valence electrons. The molecule has 4 nitrogen and oxygen atoms in total. The van der Waals surface area contributed by atoms with Gasteiger partial charge < -0.3 is 14.4 Å². The number of rotatable bonds is 2. The summed E-state index contributed by atoms with van der Waals surface area (Å²) in [7, 11) is 0. The molecule has 12 rings (SSSR count). The SMILES string of the molecule is C1=CC2C3CCC=CC3N(C3CCC=C4C3OC3CCCCC3C43C4=CCCCC4OC4CCC=C(N5C6=C(C=CCC6)C6CCCCC65)C43)C2C=C1. The molecule has 0 N–H and O–H groups in total. The van der Waals surface area contributed by atoms with E-state index >= 15 is 0 Å². The van der Waals surface area contributed by atoms with Crippen LogP contribution >= 0.6 is 0 Å². The van der Waals surface area contributed by atoms with E-state index in [1.54, 1.807) is 28.1 Å². The van der Waals surface area contributed by atoms with Gasteiger partial charge in [0.25, 0.3) is 0 Å². The van der Waals surface area contributed by atoms with Crippen molar-refractivity contribution < 1.29 is 9.47 Å². The molecular weight excluding hydrogens is 649 g/mol. The zero-order chi connectivity index (χ0) is 34.7. The van der Waals surface area contributed by atoms with Crippen LogP contribution in [-0.4, -0.2) is 58.4 Å². The van der Waals surface area contributed by atoms with Crippen molar-refractivity contribution >= 4 is 0 Å². The molecule has 14 atom stereocenters. The minimum absolute atomic E-state index is 0.00580. The normalized spacial score (nSPS) is 48.0. The van der Waals surface area contributed by atoms with Crippen LogP contribution in [-0.2, 0) is 9.47 Å². The highest BCUT2D eigenvalue weighted by molar-refractivity contribution is 5.50. The largest absolute Gasteiger partial charge is 0.370 e. The standard InChI is InChI=1S/C49H62N2O2/c1-7-22-38-31(15-1)32-16-2-8-23-39(32)50(38)42-26-14-30-46-47(42)49(35-19-5-11-28-44(35)52-46)36-20-6-12-29-45(36)53-48-37(49)21-13-27-43(48)51-40-24-9-3-17-33(40)34-18-4-10-25-41(34)51/h1,3,9-10,15,17,19,21,24-26,32-34,36,39-41,43-48H,2,4-8,11-14,16,18,20,22-23,27-30H2. The lowest BCUT2D eigenvalue weighted by molar-refractivity contribution is -0.193. The second kappa shape index (κ2) is 12.8. The van der Waals surface area contributed by atoms with Gasteiger partial charge >= 0.3 is 0 Å². The maximum absolute atomic E-state index is 7.80. The van der Waals surface area contributed by atoms with E-state index in [4.69, 9.17) is 9.47 Å². The molecule has 4 heterocycles. The molecule has 0 aromatic carbocycles. The number of allylic oxidation sites excluding steroid dienone is 9. The van der Waals surface area contributed by atoms with Gasteiger partial charge in [-0.05, 0) is 125 Å². The van der Waals surface area contributed by atoms with Gasteiger partial charge in [-0.1, -0.05) is 92.5 Å². The van der Waals surface area contributed by atoms with Crippen LogP contribution in [0.1, 0.15) is 122 Å². The number of hydrogen-bond donors (Lipinski definition) is 0. The third-order valence-electron chi connectivity index (χ3n) is 17.1. The van der Waals surface area contributed by atoms with Gasteiger partial charge in [-0.2, -0.15) is 0 Å². The molecule has 4 heteroatoms. The number of nitrogens with zero attached hydrogens (tertiary/aromatic N) is 2. The Bertz CT molecular complexity index is 1760. The zero-order valence-corrected chi connectivity index (χ0v) is 32.0. The van der Waals surface area contributed by atoms with E-state index in [2.05, 4.69) is 76.6 Å². The van der Waals surface area contributed by atoms with Gasteiger partial charge in [0, 0.05) is 58.7 Å². The second-order valence-corrected chi connectivity index (χ2v) is 19.2. The first-order valence-electron chi connectivity index (χ1n) is 22.7. The molecule has 4 aliphatic heterocycles. The maximum Gasteiger partial charge on any atom is 0.0953 e. The Labute approximate surface area is 318 Å². The van der Waals surface area contributed by atoms with Gasteiger partial charge in [0.05, 0.1) is 24.4 Å². The van der Waals surface area contributed by atoms with Crippen LogP contribution in [0, 0.1) is 35.0 Å². The Hall–Kier alpha value is -2.40. The van der Waals surface area contributed by atoms with E-state index in [1.165, 1.54) is 116 Å². The molecule has 1 spiro atoms. The lowest BCUT2D eigenvalue weighted by Crippen LogP contribution is -2.67. The predicted molar refractivity (Wildman–Crippen MR) is 212 cm³/mol. The molecule has 5 fully saturated rings. The fraction of sp³-hybridized carbons (Fsp3) is 0.673. The summed E-state index contributed by atoms with van der Waals surface area (Å²) in [5, 5.41) is 0. The summed E-state index contributed by atoms with van der Waals surface area (Å²) in [5.74, 6) is 2.97. The van der Waals surface area contributed by atoms with E-state index in [9.17, 15) is 0 Å². The highest BCUT2D eigenvalue weighted by Crippen LogP contribution is 2.68. The highest BCUT2D eigenvalue weighted by atomic mass is 16.5. The van der Waals surface area contributed by atoms with Crippen LogP contribution in [0.4, 0.5) is 0 Å². The molecule has 0 amide bonds. The molecule has 14 unspecified atom stereocenters. The molecule has 0 radical (unpaired) electrons. The van der Waals surface area contributed by atoms with Crippen LogP contribution < -0.4 is 0 Å². The molecule has 8 aliphatic carbocycles. The molecule has 0 aromatic rings. The Kier molecular flexibility index (Phi) is 7.93. The first-order chi connectivity index (χ1) is 26.3. The Morgan fingerprint density at radius 2 is 1.53 bits per heavy atom. The van der Waals surface area contributed by atoms with Gasteiger partial charge in [-0.25, -0.2) is 0 Å². The van der Waals surface area contributed by atoms with Crippen LogP contribution in [0.5, 0.6) is 0 Å². The minimum atomic E-state index is -0.00580. The van der Waals surface area contributed by atoms with Crippen LogP contribution in [0.2, 0.25) is 0 Å². The van der Waals surface area contributed by atoms with E-state index in [0.29, 0.717) is 53.9 Å². The zero-order valence-electron chi connectivity index (χ0n) is 32.0. The average Bonchev–Trinajstić information content (AvgIpc) is 3.73. The van der Waals surface area contributed by atoms with Crippen molar-refractivity contribution in [3.8, 4) is 0 Å². The number of ether oxygens (including phenoxy) is 2. The van der Waals surface area contributed by atoms with Crippen molar-refractivity contribution in [2.75, 3.05) is 0 Å². The first kappa shape index (κ1) is 32.8. The van der Waals surface area contributed by atoms with Crippen molar-refractivity contribution in [1.29, 1.82) is 0 Å². The summed E-state index contributed by atoms with van der Waals surface area (Å²) in [5.41, 5.74) is 8.51. The van der Waals surface area contributed by atoms with E-state index < -0.39 is 0 Å². The van der Waals surface area contributed by atoms with E-state index in [1.807, 2.05) is 0 Å². The number of fused-ring (bicyclic) bond motifs is 13. The summed E-state index contributed by atoms with van der Waals surface area (Å²) in [6.45, 7) is 0. The van der Waals surface area contributed by atoms with E-state index in [0.717, 1.165) is 12.3 Å². The van der Waals surface area contributed by atoms with Gasteiger partial charge in [0.1, 0.15) is 0 Å². The van der Waals surface area contributed by atoms with Gasteiger partial charge in [-0.3, -0.25) is 4.90 Å². The van der Waals surface area contributed by atoms with Crippen LogP contribution in [0.25, 0.3) is 0 Å². The topological polar surface area (TPSA) is 24.9 Å². The summed E-state index contributed by atoms with van der Waals surface area (Å²) >= 11 is 0. The average molecular weight is 711 g/mol. The number of hydrogen-bond acceptors (Lipinski definition) is 4. The Morgan fingerprint density at radius 1 is 0.642 bits per heavy atom. The molecule has 2 saturated carbocycles. The van der Waals surface area contributed by atoms with Gasteiger partial charge in [0.2, 0.25) is 0 Å². The van der Waals surface area contributed by atoms with Crippen LogP contribution in [0.15, 0.2) is 94.9 Å². The van der Waals surface area contributed by atoms with Crippen molar-refractivity contribution in [1.82, 2.24) is 9.80 Å². The minimum Gasteiger partial charge on any atom is -0.370 e. The van der Waals surface area contributed by atoms with Gasteiger partial charge in [-0.15, -0.1) is 0 Å². The smallest absolute Gasteiger partial charge is 0.0953 e. The summed E-state index contributed by atoms with van der Waals surface area (Å²) in [4.78, 5) is 6.07. The van der Waals surface area contributed by atoms with E-state index in [-0.39, 0.29) is 23.7 Å². The first-order valence-corrected chi connectivity index (χ1v) is 22.7. The van der Waals surface area contributed by atoms with Crippen LogP contribution in [0.3, 0.4) is 0 Å².